The number of hydrogen-bond acceptors (Lipinski definition) is 2. The molecule has 1 aromatic heterocycles. The van der Waals surface area contributed by atoms with Crippen molar-refractivity contribution in [1.29, 1.82) is 0 Å². The number of hydrogen-bond donors (Lipinski definition) is 1. The first-order valence-electron chi connectivity index (χ1n) is 6.07. The number of carbonyl (C=O) groups excluding carboxylic acids is 1. The Balaban J connectivity index is 2.84. The Morgan fingerprint density at radius 2 is 2.06 bits per heavy atom. The second kappa shape index (κ2) is 6.24. The van der Waals surface area contributed by atoms with Gasteiger partial charge in [0.25, 0.3) is 5.91 Å². The molecule has 1 amide bonds. The van der Waals surface area contributed by atoms with E-state index >= 15 is 0 Å². The molecule has 0 saturated heterocycles. The van der Waals surface area contributed by atoms with Gasteiger partial charge in [-0.3, -0.25) is 4.79 Å². The number of rotatable bonds is 6. The van der Waals surface area contributed by atoms with Crippen molar-refractivity contribution in [2.24, 2.45) is 0 Å². The molecule has 3 nitrogen and oxygen atoms in total. The second-order valence-corrected chi connectivity index (χ2v) is 4.75. The van der Waals surface area contributed by atoms with Gasteiger partial charge in [0.05, 0.1) is 11.8 Å². The summed E-state index contributed by atoms with van der Waals surface area (Å²) in [6, 6.07) is 1.73. The standard InChI is InChI=1S/C13H20BrNO2/c1-4-11-10(7-8-17-11)12(16)15-13(5-2,6-3)9-14/h7-8H,4-6,9H2,1-3H3,(H,15,16). The molecule has 1 heterocycles. The summed E-state index contributed by atoms with van der Waals surface area (Å²) in [4.78, 5) is 12.2. The lowest BCUT2D eigenvalue weighted by Gasteiger charge is -2.30. The number of furan rings is 1. The molecule has 0 aliphatic carbocycles. The second-order valence-electron chi connectivity index (χ2n) is 4.19. The van der Waals surface area contributed by atoms with Crippen molar-refractivity contribution in [3.63, 3.8) is 0 Å². The Morgan fingerprint density at radius 3 is 2.53 bits per heavy atom. The van der Waals surface area contributed by atoms with Crippen LogP contribution in [0.15, 0.2) is 16.7 Å². The van der Waals surface area contributed by atoms with Crippen LogP contribution in [0.5, 0.6) is 0 Å². The normalized spacial score (nSPS) is 11.5. The van der Waals surface area contributed by atoms with Gasteiger partial charge in [0.2, 0.25) is 0 Å². The Morgan fingerprint density at radius 1 is 1.41 bits per heavy atom. The van der Waals surface area contributed by atoms with Crippen LogP contribution in [-0.4, -0.2) is 16.8 Å². The molecule has 0 spiro atoms. The maximum Gasteiger partial charge on any atom is 0.255 e. The zero-order chi connectivity index (χ0) is 12.9. The van der Waals surface area contributed by atoms with Crippen LogP contribution >= 0.6 is 15.9 Å². The Kier molecular flexibility index (Phi) is 5.25. The fraction of sp³-hybridized carbons (Fsp3) is 0.615. The van der Waals surface area contributed by atoms with Crippen LogP contribution in [-0.2, 0) is 6.42 Å². The van der Waals surface area contributed by atoms with E-state index in [4.69, 9.17) is 4.42 Å². The number of aryl methyl sites for hydroxylation is 1. The molecule has 17 heavy (non-hydrogen) atoms. The average Bonchev–Trinajstić information content (AvgIpc) is 2.84. The van der Waals surface area contributed by atoms with Crippen LogP contribution in [0.1, 0.15) is 49.7 Å². The van der Waals surface area contributed by atoms with Crippen LogP contribution in [0.25, 0.3) is 0 Å². The molecule has 0 aliphatic heterocycles. The number of amides is 1. The minimum atomic E-state index is -0.167. The molecule has 0 radical (unpaired) electrons. The summed E-state index contributed by atoms with van der Waals surface area (Å²) in [5.74, 6) is 0.705. The maximum absolute atomic E-state index is 12.2. The first-order chi connectivity index (χ1) is 8.12. The highest BCUT2D eigenvalue weighted by Gasteiger charge is 2.28. The highest BCUT2D eigenvalue weighted by Crippen LogP contribution is 2.20. The van der Waals surface area contributed by atoms with E-state index in [0.29, 0.717) is 5.56 Å². The minimum absolute atomic E-state index is 0.0428. The van der Waals surface area contributed by atoms with E-state index in [1.54, 1.807) is 12.3 Å². The van der Waals surface area contributed by atoms with Gasteiger partial charge in [-0.1, -0.05) is 36.7 Å². The van der Waals surface area contributed by atoms with Crippen molar-refractivity contribution in [1.82, 2.24) is 5.32 Å². The molecule has 0 atom stereocenters. The molecule has 1 rings (SSSR count). The van der Waals surface area contributed by atoms with Gasteiger partial charge in [-0.2, -0.15) is 0 Å². The van der Waals surface area contributed by atoms with Crippen molar-refractivity contribution in [2.45, 2.75) is 45.6 Å². The molecule has 4 heteroatoms. The summed E-state index contributed by atoms with van der Waals surface area (Å²) in [5, 5.41) is 3.87. The highest BCUT2D eigenvalue weighted by atomic mass is 79.9. The van der Waals surface area contributed by atoms with Crippen LogP contribution in [0.2, 0.25) is 0 Å². The summed E-state index contributed by atoms with van der Waals surface area (Å²) in [7, 11) is 0. The summed E-state index contributed by atoms with van der Waals surface area (Å²) >= 11 is 3.48. The quantitative estimate of drug-likeness (QED) is 0.817. The largest absolute Gasteiger partial charge is 0.469 e. The lowest BCUT2D eigenvalue weighted by molar-refractivity contribution is 0.0901. The third kappa shape index (κ3) is 3.12. The summed E-state index contributed by atoms with van der Waals surface area (Å²) in [5.41, 5.74) is 0.485. The van der Waals surface area contributed by atoms with E-state index in [-0.39, 0.29) is 11.4 Å². The zero-order valence-electron chi connectivity index (χ0n) is 10.7. The van der Waals surface area contributed by atoms with Crippen LogP contribution in [0.4, 0.5) is 0 Å². The molecule has 1 aromatic rings. The van der Waals surface area contributed by atoms with E-state index in [1.165, 1.54) is 0 Å². The molecular formula is C13H20BrNO2. The molecular weight excluding hydrogens is 282 g/mol. The van der Waals surface area contributed by atoms with E-state index < -0.39 is 0 Å². The molecule has 96 valence electrons. The van der Waals surface area contributed by atoms with E-state index in [1.807, 2.05) is 6.92 Å². The monoisotopic (exact) mass is 301 g/mol. The van der Waals surface area contributed by atoms with Crippen molar-refractivity contribution in [3.05, 3.63) is 23.7 Å². The number of nitrogens with one attached hydrogen (secondary N) is 1. The fourth-order valence-corrected chi connectivity index (χ4v) is 2.71. The van der Waals surface area contributed by atoms with Crippen LogP contribution < -0.4 is 5.32 Å². The average molecular weight is 302 g/mol. The molecule has 0 unspecified atom stereocenters. The lowest BCUT2D eigenvalue weighted by Crippen LogP contribution is -2.49. The third-order valence-electron chi connectivity index (χ3n) is 3.30. The lowest BCUT2D eigenvalue weighted by atomic mass is 9.95. The van der Waals surface area contributed by atoms with E-state index in [0.717, 1.165) is 30.4 Å². The molecule has 1 N–H and O–H groups in total. The summed E-state index contributed by atoms with van der Waals surface area (Å²) < 4.78 is 5.28. The predicted molar refractivity (Wildman–Crippen MR) is 72.7 cm³/mol. The van der Waals surface area contributed by atoms with Gasteiger partial charge in [0.15, 0.2) is 0 Å². The van der Waals surface area contributed by atoms with Crippen molar-refractivity contribution in [2.75, 3.05) is 5.33 Å². The fourth-order valence-electron chi connectivity index (χ4n) is 1.77. The maximum atomic E-state index is 12.2. The van der Waals surface area contributed by atoms with E-state index in [2.05, 4.69) is 35.1 Å². The Labute approximate surface area is 111 Å². The molecule has 0 bridgehead atoms. The van der Waals surface area contributed by atoms with Gasteiger partial charge in [0.1, 0.15) is 5.76 Å². The van der Waals surface area contributed by atoms with E-state index in [9.17, 15) is 4.79 Å². The topological polar surface area (TPSA) is 42.2 Å². The van der Waals surface area contributed by atoms with Gasteiger partial charge in [0, 0.05) is 17.3 Å². The van der Waals surface area contributed by atoms with Crippen LogP contribution in [0.3, 0.4) is 0 Å². The number of halogens is 1. The van der Waals surface area contributed by atoms with Gasteiger partial charge in [-0.25, -0.2) is 0 Å². The molecule has 0 aromatic carbocycles. The van der Waals surface area contributed by atoms with Crippen LogP contribution in [0, 0.1) is 0 Å². The van der Waals surface area contributed by atoms with Gasteiger partial charge >= 0.3 is 0 Å². The molecule has 0 fully saturated rings. The van der Waals surface area contributed by atoms with Gasteiger partial charge in [-0.15, -0.1) is 0 Å². The Hall–Kier alpha value is -0.770. The number of carbonyl (C=O) groups is 1. The molecule has 0 aliphatic rings. The summed E-state index contributed by atoms with van der Waals surface area (Å²) in [6.45, 7) is 6.15. The summed E-state index contributed by atoms with van der Waals surface area (Å²) in [6.07, 6.45) is 4.11. The SMILES string of the molecule is CCc1occc1C(=O)NC(CC)(CC)CBr. The zero-order valence-corrected chi connectivity index (χ0v) is 12.3. The first-order valence-corrected chi connectivity index (χ1v) is 7.19. The predicted octanol–water partition coefficient (Wildman–Crippen LogP) is 3.53. The molecule has 0 saturated carbocycles. The smallest absolute Gasteiger partial charge is 0.255 e. The minimum Gasteiger partial charge on any atom is -0.469 e. The van der Waals surface area contributed by atoms with Gasteiger partial charge in [-0.05, 0) is 18.9 Å². The van der Waals surface area contributed by atoms with Crippen molar-refractivity contribution < 1.29 is 9.21 Å². The number of alkyl halides is 1. The van der Waals surface area contributed by atoms with Gasteiger partial charge < -0.3 is 9.73 Å². The Bertz CT molecular complexity index is 361. The highest BCUT2D eigenvalue weighted by molar-refractivity contribution is 9.09. The third-order valence-corrected chi connectivity index (χ3v) is 4.37. The first kappa shape index (κ1) is 14.3. The van der Waals surface area contributed by atoms with Crippen molar-refractivity contribution >= 4 is 21.8 Å². The van der Waals surface area contributed by atoms with Crippen molar-refractivity contribution in [3.8, 4) is 0 Å².